The first-order valence-electron chi connectivity index (χ1n) is 2.20. The van der Waals surface area contributed by atoms with Gasteiger partial charge in [-0.15, -0.1) is 0 Å². The van der Waals surface area contributed by atoms with Crippen molar-refractivity contribution >= 4 is 0 Å². The van der Waals surface area contributed by atoms with Gasteiger partial charge in [-0.2, -0.15) is 0 Å². The average Bonchev–Trinajstić information content (AvgIpc) is 1.73. The van der Waals surface area contributed by atoms with Gasteiger partial charge in [0.15, 0.2) is 0 Å². The second kappa shape index (κ2) is 9.30. The van der Waals surface area contributed by atoms with Crippen LogP contribution in [0.1, 0.15) is 13.8 Å². The topological polar surface area (TPSA) is 68.1 Å². The fourth-order valence-electron chi connectivity index (χ4n) is 0. The highest BCUT2D eigenvalue weighted by molar-refractivity contribution is 4.32. The largest absolute Gasteiger partial charge is 0.396 e. The van der Waals surface area contributed by atoms with Crippen molar-refractivity contribution in [1.82, 2.24) is 0 Å². The van der Waals surface area contributed by atoms with Gasteiger partial charge in [0.05, 0.1) is 0 Å². The molecule has 0 rings (SSSR count). The van der Waals surface area contributed by atoms with E-state index in [0.29, 0.717) is 12.5 Å². The monoisotopic (exact) mass is 108 g/mol. The molecule has 0 unspecified atom stereocenters. The molecule has 0 aromatic carbocycles. The minimum absolute atomic E-state index is 0.306. The van der Waals surface area contributed by atoms with Gasteiger partial charge in [0.1, 0.15) is 0 Å². The van der Waals surface area contributed by atoms with Crippen LogP contribution in [0.5, 0.6) is 0 Å². The van der Waals surface area contributed by atoms with Gasteiger partial charge in [-0.05, 0) is 5.92 Å². The lowest BCUT2D eigenvalue weighted by molar-refractivity contribution is -0.670. The minimum Gasteiger partial charge on any atom is -0.396 e. The molecule has 0 aliphatic rings. The van der Waals surface area contributed by atoms with Crippen LogP contribution in [-0.2, 0) is 0 Å². The molecule has 0 aliphatic carbocycles. The summed E-state index contributed by atoms with van der Waals surface area (Å²) in [6, 6.07) is 0. The van der Waals surface area contributed by atoms with E-state index < -0.39 is 0 Å². The quantitative estimate of drug-likeness (QED) is 0.387. The van der Waals surface area contributed by atoms with Gasteiger partial charge in [0, 0.05) is 6.61 Å². The van der Waals surface area contributed by atoms with Crippen molar-refractivity contribution in [2.75, 3.05) is 6.61 Å². The molecule has 0 aromatic rings. The van der Waals surface area contributed by atoms with Crippen molar-refractivity contribution in [2.24, 2.45) is 5.92 Å². The standard InChI is InChI=1S/C4H10O.H4NO/c1-4(2)3-5;1-2/h4-5H,3H2,1-2H3;2H,1H3/q;+1. The Morgan fingerprint density at radius 3 is 1.57 bits per heavy atom. The van der Waals surface area contributed by atoms with Crippen LogP contribution in [-0.4, -0.2) is 16.9 Å². The Hall–Kier alpha value is -0.120. The summed E-state index contributed by atoms with van der Waals surface area (Å²) >= 11 is 0. The Balaban J connectivity index is 0. The summed E-state index contributed by atoms with van der Waals surface area (Å²) in [5.74, 6) is 2.69. The first-order valence-corrected chi connectivity index (χ1v) is 2.20. The van der Waals surface area contributed by atoms with Crippen LogP contribution in [0.3, 0.4) is 0 Å². The molecular formula is C4H14NO2+. The SMILES string of the molecule is CC(C)CO.[NH3+]O. The van der Waals surface area contributed by atoms with Crippen LogP contribution in [0.25, 0.3) is 0 Å². The van der Waals surface area contributed by atoms with Crippen molar-refractivity contribution in [3.63, 3.8) is 0 Å². The van der Waals surface area contributed by atoms with Gasteiger partial charge in [0.2, 0.25) is 0 Å². The fraction of sp³-hybridized carbons (Fsp3) is 1.00. The molecule has 3 heteroatoms. The van der Waals surface area contributed by atoms with Gasteiger partial charge in [-0.3, -0.25) is 0 Å². The van der Waals surface area contributed by atoms with Crippen molar-refractivity contribution in [1.29, 1.82) is 0 Å². The lowest BCUT2D eigenvalue weighted by Gasteiger charge is -1.90. The van der Waals surface area contributed by atoms with E-state index in [2.05, 4.69) is 5.90 Å². The molecule has 0 aliphatic heterocycles. The summed E-state index contributed by atoms with van der Waals surface area (Å²) in [5, 5.41) is 14.9. The zero-order valence-electron chi connectivity index (χ0n) is 4.89. The Bertz CT molecular complexity index is 23.7. The van der Waals surface area contributed by atoms with Crippen LogP contribution in [0, 0.1) is 5.92 Å². The molecule has 7 heavy (non-hydrogen) atoms. The summed E-state index contributed by atoms with van der Waals surface area (Å²) in [6.45, 7) is 4.25. The first kappa shape index (κ1) is 9.99. The fourth-order valence-corrected chi connectivity index (χ4v) is 0. The molecule has 0 spiro atoms. The summed E-state index contributed by atoms with van der Waals surface area (Å²) < 4.78 is 0. The zero-order valence-corrected chi connectivity index (χ0v) is 4.89. The van der Waals surface area contributed by atoms with Crippen LogP contribution < -0.4 is 5.90 Å². The molecule has 0 fully saturated rings. The lowest BCUT2D eigenvalue weighted by Crippen LogP contribution is -2.42. The van der Waals surface area contributed by atoms with Gasteiger partial charge in [-0.1, -0.05) is 13.8 Å². The molecule has 0 radical (unpaired) electrons. The maximum Gasteiger partial charge on any atom is 0.0453 e. The van der Waals surface area contributed by atoms with Crippen molar-refractivity contribution in [3.8, 4) is 0 Å². The molecule has 46 valence electrons. The van der Waals surface area contributed by atoms with Crippen LogP contribution >= 0.6 is 0 Å². The summed E-state index contributed by atoms with van der Waals surface area (Å²) in [5.41, 5.74) is 0. The Morgan fingerprint density at radius 2 is 1.57 bits per heavy atom. The number of hydrogen-bond donors (Lipinski definition) is 3. The molecule has 0 saturated heterocycles. The Morgan fingerprint density at radius 1 is 1.43 bits per heavy atom. The first-order chi connectivity index (χ1) is 3.27. The zero-order chi connectivity index (χ0) is 6.28. The number of quaternary nitrogens is 1. The maximum absolute atomic E-state index is 8.14. The highest BCUT2D eigenvalue weighted by Gasteiger charge is 1.81. The number of aliphatic hydroxyl groups excluding tert-OH is 1. The Labute approximate surface area is 43.7 Å². The predicted octanol–water partition coefficient (Wildman–Crippen LogP) is -0.748. The molecule has 0 atom stereocenters. The van der Waals surface area contributed by atoms with Crippen LogP contribution in [0.4, 0.5) is 0 Å². The van der Waals surface area contributed by atoms with Crippen LogP contribution in [0.2, 0.25) is 0 Å². The molecule has 0 aromatic heterocycles. The Kier molecular flexibility index (Phi) is 13.3. The minimum atomic E-state index is 0.306. The van der Waals surface area contributed by atoms with Crippen molar-refractivity contribution in [3.05, 3.63) is 0 Å². The number of aliphatic hydroxyl groups is 1. The van der Waals surface area contributed by atoms with E-state index in [4.69, 9.17) is 10.3 Å². The third kappa shape index (κ3) is 25.0. The van der Waals surface area contributed by atoms with Crippen molar-refractivity contribution in [2.45, 2.75) is 13.8 Å². The third-order valence-electron chi connectivity index (χ3n) is 0.365. The molecule has 3 nitrogen and oxygen atoms in total. The van der Waals surface area contributed by atoms with E-state index in [0.717, 1.165) is 0 Å². The van der Waals surface area contributed by atoms with Gasteiger partial charge in [0.25, 0.3) is 0 Å². The molecule has 0 heterocycles. The van der Waals surface area contributed by atoms with Crippen molar-refractivity contribution < 1.29 is 16.2 Å². The smallest absolute Gasteiger partial charge is 0.0453 e. The van der Waals surface area contributed by atoms with Gasteiger partial charge < -0.3 is 5.11 Å². The lowest BCUT2D eigenvalue weighted by atomic mass is 10.2. The van der Waals surface area contributed by atoms with Gasteiger partial charge >= 0.3 is 0 Å². The van der Waals surface area contributed by atoms with E-state index in [-0.39, 0.29) is 0 Å². The van der Waals surface area contributed by atoms with E-state index in [9.17, 15) is 0 Å². The highest BCUT2D eigenvalue weighted by Crippen LogP contribution is 1.83. The highest BCUT2D eigenvalue weighted by atomic mass is 16.4. The second-order valence-corrected chi connectivity index (χ2v) is 1.58. The summed E-state index contributed by atoms with van der Waals surface area (Å²) in [7, 11) is 0. The molecular weight excluding hydrogens is 94.0 g/mol. The van der Waals surface area contributed by atoms with E-state index in [1.54, 1.807) is 0 Å². The summed E-state index contributed by atoms with van der Waals surface area (Å²) in [4.78, 5) is 0. The van der Waals surface area contributed by atoms with E-state index in [1.165, 1.54) is 0 Å². The molecule has 0 bridgehead atoms. The average molecular weight is 108 g/mol. The van der Waals surface area contributed by atoms with E-state index >= 15 is 0 Å². The van der Waals surface area contributed by atoms with E-state index in [1.807, 2.05) is 13.8 Å². The molecule has 0 saturated carbocycles. The normalized spacial score (nSPS) is 7.71. The van der Waals surface area contributed by atoms with Gasteiger partial charge in [-0.25, -0.2) is 11.1 Å². The summed E-state index contributed by atoms with van der Waals surface area (Å²) in [6.07, 6.45) is 0. The van der Waals surface area contributed by atoms with Crippen LogP contribution in [0.15, 0.2) is 0 Å². The maximum atomic E-state index is 8.14. The number of hydrogen-bond acceptors (Lipinski definition) is 2. The second-order valence-electron chi connectivity index (χ2n) is 1.58. The molecule has 0 amide bonds. The number of rotatable bonds is 1. The third-order valence-corrected chi connectivity index (χ3v) is 0.365. The molecule has 5 N–H and O–H groups in total. The predicted molar refractivity (Wildman–Crippen MR) is 26.6 cm³/mol.